The molecule has 1 aliphatic heterocycles. The first-order valence-corrected chi connectivity index (χ1v) is 8.16. The van der Waals surface area contributed by atoms with Crippen molar-refractivity contribution in [3.63, 3.8) is 0 Å². The summed E-state index contributed by atoms with van der Waals surface area (Å²) in [7, 11) is 0. The molecule has 1 saturated heterocycles. The third-order valence-corrected chi connectivity index (χ3v) is 4.54. The summed E-state index contributed by atoms with van der Waals surface area (Å²) in [5.74, 6) is -0.314. The molecule has 0 atom stereocenters. The van der Waals surface area contributed by atoms with E-state index >= 15 is 0 Å². The van der Waals surface area contributed by atoms with Crippen molar-refractivity contribution in [2.24, 2.45) is 0 Å². The minimum Gasteiger partial charge on any atom is -0.339 e. The molecule has 7 heteroatoms. The molecule has 0 spiro atoms. The minimum atomic E-state index is -2.45. The fourth-order valence-corrected chi connectivity index (χ4v) is 2.97. The zero-order valence-electron chi connectivity index (χ0n) is 12.0. The SMILES string of the molecule is O=C(CCC(F)F)N1CCN(C(=O)c2ccccc2I)CC1. The zero-order valence-corrected chi connectivity index (χ0v) is 14.1. The van der Waals surface area contributed by atoms with Crippen LogP contribution in [0.2, 0.25) is 0 Å². The molecule has 4 nitrogen and oxygen atoms in total. The molecule has 22 heavy (non-hydrogen) atoms. The van der Waals surface area contributed by atoms with Gasteiger partial charge in [-0.15, -0.1) is 0 Å². The van der Waals surface area contributed by atoms with Crippen molar-refractivity contribution in [3.8, 4) is 0 Å². The van der Waals surface area contributed by atoms with Gasteiger partial charge in [-0.2, -0.15) is 0 Å². The number of benzene rings is 1. The number of nitrogens with zero attached hydrogens (tertiary/aromatic N) is 2. The van der Waals surface area contributed by atoms with Gasteiger partial charge in [0.25, 0.3) is 5.91 Å². The van der Waals surface area contributed by atoms with Crippen molar-refractivity contribution in [1.29, 1.82) is 0 Å². The molecule has 1 aromatic carbocycles. The lowest BCUT2D eigenvalue weighted by atomic mass is 10.1. The van der Waals surface area contributed by atoms with Crippen LogP contribution in [0.15, 0.2) is 24.3 Å². The van der Waals surface area contributed by atoms with Crippen molar-refractivity contribution < 1.29 is 18.4 Å². The quantitative estimate of drug-likeness (QED) is 0.701. The Kier molecular flexibility index (Phi) is 6.10. The van der Waals surface area contributed by atoms with Gasteiger partial charge in [0.05, 0.1) is 5.56 Å². The lowest BCUT2D eigenvalue weighted by molar-refractivity contribution is -0.133. The van der Waals surface area contributed by atoms with Crippen LogP contribution in [0.3, 0.4) is 0 Å². The van der Waals surface area contributed by atoms with E-state index in [2.05, 4.69) is 22.6 Å². The molecule has 0 radical (unpaired) electrons. The van der Waals surface area contributed by atoms with Crippen LogP contribution in [0.25, 0.3) is 0 Å². The number of hydrogen-bond acceptors (Lipinski definition) is 2. The lowest BCUT2D eigenvalue weighted by Crippen LogP contribution is -2.50. The average molecular weight is 422 g/mol. The maximum atomic E-state index is 12.4. The summed E-state index contributed by atoms with van der Waals surface area (Å²) in [5.41, 5.74) is 0.653. The molecule has 2 amide bonds. The number of carbonyl (C=O) groups excluding carboxylic acids is 2. The molecule has 1 fully saturated rings. The van der Waals surface area contributed by atoms with E-state index < -0.39 is 12.8 Å². The second-order valence-corrected chi connectivity index (χ2v) is 6.24. The lowest BCUT2D eigenvalue weighted by Gasteiger charge is -2.35. The van der Waals surface area contributed by atoms with Crippen molar-refractivity contribution in [2.45, 2.75) is 19.3 Å². The number of carbonyl (C=O) groups is 2. The Labute approximate surface area is 141 Å². The number of amides is 2. The smallest absolute Gasteiger partial charge is 0.255 e. The minimum absolute atomic E-state index is 0.0512. The van der Waals surface area contributed by atoms with E-state index in [1.165, 1.54) is 0 Å². The molecule has 120 valence electrons. The van der Waals surface area contributed by atoms with Crippen LogP contribution < -0.4 is 0 Å². The van der Waals surface area contributed by atoms with Crippen molar-refractivity contribution in [3.05, 3.63) is 33.4 Å². The normalized spacial score (nSPS) is 15.3. The van der Waals surface area contributed by atoms with Gasteiger partial charge in [0, 0.05) is 42.6 Å². The fourth-order valence-electron chi connectivity index (χ4n) is 2.35. The Bertz CT molecular complexity index is 546. The van der Waals surface area contributed by atoms with Gasteiger partial charge < -0.3 is 9.80 Å². The molecule has 2 rings (SSSR count). The highest BCUT2D eigenvalue weighted by Gasteiger charge is 2.25. The van der Waals surface area contributed by atoms with Gasteiger partial charge in [0.1, 0.15) is 0 Å². The number of halogens is 3. The highest BCUT2D eigenvalue weighted by Crippen LogP contribution is 2.16. The maximum Gasteiger partial charge on any atom is 0.255 e. The molecule has 0 aliphatic carbocycles. The van der Waals surface area contributed by atoms with E-state index in [0.29, 0.717) is 31.7 Å². The van der Waals surface area contributed by atoms with E-state index in [1.54, 1.807) is 15.9 Å². The Hall–Kier alpha value is -1.25. The first-order valence-electron chi connectivity index (χ1n) is 7.08. The first kappa shape index (κ1) is 17.1. The topological polar surface area (TPSA) is 40.6 Å². The Morgan fingerprint density at radius 1 is 1.09 bits per heavy atom. The molecule has 0 unspecified atom stereocenters. The zero-order chi connectivity index (χ0) is 16.1. The first-order chi connectivity index (χ1) is 10.5. The van der Waals surface area contributed by atoms with Crippen molar-refractivity contribution in [1.82, 2.24) is 9.80 Å². The summed E-state index contributed by atoms with van der Waals surface area (Å²) < 4.78 is 25.2. The van der Waals surface area contributed by atoms with Crippen LogP contribution in [0.1, 0.15) is 23.2 Å². The van der Waals surface area contributed by atoms with E-state index in [9.17, 15) is 18.4 Å². The average Bonchev–Trinajstić information content (AvgIpc) is 2.52. The second kappa shape index (κ2) is 7.85. The van der Waals surface area contributed by atoms with Gasteiger partial charge >= 0.3 is 0 Å². The molecule has 0 aromatic heterocycles. The number of hydrogen-bond donors (Lipinski definition) is 0. The fraction of sp³-hybridized carbons (Fsp3) is 0.467. The monoisotopic (exact) mass is 422 g/mol. The molecular formula is C15H17F2IN2O2. The molecule has 1 aromatic rings. The van der Waals surface area contributed by atoms with Crippen molar-refractivity contribution in [2.75, 3.05) is 26.2 Å². The largest absolute Gasteiger partial charge is 0.339 e. The van der Waals surface area contributed by atoms with Gasteiger partial charge in [0.15, 0.2) is 0 Å². The summed E-state index contributed by atoms with van der Waals surface area (Å²) in [5, 5.41) is 0. The number of alkyl halides is 2. The van der Waals surface area contributed by atoms with Crippen LogP contribution in [-0.2, 0) is 4.79 Å². The van der Waals surface area contributed by atoms with Gasteiger partial charge in [-0.05, 0) is 34.7 Å². The van der Waals surface area contributed by atoms with Crippen molar-refractivity contribution >= 4 is 34.4 Å². The van der Waals surface area contributed by atoms with Crippen LogP contribution in [-0.4, -0.2) is 54.2 Å². The molecule has 1 heterocycles. The van der Waals surface area contributed by atoms with E-state index in [-0.39, 0.29) is 18.2 Å². The third kappa shape index (κ3) is 4.37. The number of piperazine rings is 1. The van der Waals surface area contributed by atoms with Gasteiger partial charge in [-0.25, -0.2) is 8.78 Å². The van der Waals surface area contributed by atoms with Crippen LogP contribution in [0, 0.1) is 3.57 Å². The van der Waals surface area contributed by atoms with Crippen LogP contribution in [0.4, 0.5) is 8.78 Å². The highest BCUT2D eigenvalue weighted by molar-refractivity contribution is 14.1. The molecule has 1 aliphatic rings. The third-order valence-electron chi connectivity index (χ3n) is 3.60. The molecule has 0 bridgehead atoms. The standard InChI is InChI=1S/C15H17F2IN2O2/c16-13(17)5-6-14(21)19-7-9-20(10-8-19)15(22)11-3-1-2-4-12(11)18/h1-4,13H,5-10H2. The number of rotatable bonds is 4. The predicted octanol–water partition coefficient (Wildman–Crippen LogP) is 2.62. The summed E-state index contributed by atoms with van der Waals surface area (Å²) in [4.78, 5) is 27.5. The van der Waals surface area contributed by atoms with Gasteiger partial charge in [-0.1, -0.05) is 12.1 Å². The molecule has 0 saturated carbocycles. The second-order valence-electron chi connectivity index (χ2n) is 5.08. The molecular weight excluding hydrogens is 405 g/mol. The van der Waals surface area contributed by atoms with E-state index in [1.807, 2.05) is 18.2 Å². The Morgan fingerprint density at radius 2 is 1.68 bits per heavy atom. The van der Waals surface area contributed by atoms with E-state index in [0.717, 1.165) is 3.57 Å². The summed E-state index contributed by atoms with van der Waals surface area (Å²) in [6.07, 6.45) is -2.99. The van der Waals surface area contributed by atoms with E-state index in [4.69, 9.17) is 0 Å². The van der Waals surface area contributed by atoms with Crippen LogP contribution >= 0.6 is 22.6 Å². The molecule has 0 N–H and O–H groups in total. The Balaban J connectivity index is 1.88. The Morgan fingerprint density at radius 3 is 2.27 bits per heavy atom. The summed E-state index contributed by atoms with van der Waals surface area (Å²) >= 11 is 2.12. The van der Waals surface area contributed by atoms with Gasteiger partial charge in [-0.3, -0.25) is 9.59 Å². The predicted molar refractivity (Wildman–Crippen MR) is 86.9 cm³/mol. The highest BCUT2D eigenvalue weighted by atomic mass is 127. The van der Waals surface area contributed by atoms with Crippen LogP contribution in [0.5, 0.6) is 0 Å². The van der Waals surface area contributed by atoms with Gasteiger partial charge in [0.2, 0.25) is 12.3 Å². The summed E-state index contributed by atoms with van der Waals surface area (Å²) in [6, 6.07) is 7.35. The maximum absolute atomic E-state index is 12.4. The summed E-state index contributed by atoms with van der Waals surface area (Å²) in [6.45, 7) is 1.67.